The highest BCUT2D eigenvalue weighted by Crippen LogP contribution is 2.27. The summed E-state index contributed by atoms with van der Waals surface area (Å²) in [5.41, 5.74) is 3.79. The van der Waals surface area contributed by atoms with Gasteiger partial charge < -0.3 is 24.8 Å². The second-order valence-electron chi connectivity index (χ2n) is 11.3. The van der Waals surface area contributed by atoms with Crippen LogP contribution < -0.4 is 15.4 Å². The second kappa shape index (κ2) is 13.4. The number of anilines is 1. The minimum absolute atomic E-state index is 0.00705. The van der Waals surface area contributed by atoms with Crippen molar-refractivity contribution in [1.29, 1.82) is 0 Å². The molecule has 9 heteroatoms. The number of nitrogens with one attached hydrogen (secondary N) is 2. The zero-order chi connectivity index (χ0) is 31.1. The molecule has 0 radical (unpaired) electrons. The molecule has 1 heterocycles. The number of alkyl carbamates (subject to hydrolysis) is 1. The van der Waals surface area contributed by atoms with E-state index in [-0.39, 0.29) is 19.1 Å². The summed E-state index contributed by atoms with van der Waals surface area (Å²) in [7, 11) is 1.56. The number of rotatable bonds is 9. The van der Waals surface area contributed by atoms with E-state index >= 15 is 0 Å². The van der Waals surface area contributed by atoms with Crippen LogP contribution >= 0.6 is 0 Å². The summed E-state index contributed by atoms with van der Waals surface area (Å²) in [6.45, 7) is 9.24. The van der Waals surface area contributed by atoms with Crippen molar-refractivity contribution < 1.29 is 28.6 Å². The molecule has 43 heavy (non-hydrogen) atoms. The SMILES string of the molecule is COc1nccc2cc(NC(=O)C(CNC(=O)OC(C)(C)C)c3ccc(COC(=O)c4ccc(C)cc4C)cc3)ccc12. The van der Waals surface area contributed by atoms with Gasteiger partial charge >= 0.3 is 12.1 Å². The highest BCUT2D eigenvalue weighted by molar-refractivity contribution is 5.99. The van der Waals surface area contributed by atoms with Crippen molar-refractivity contribution in [3.63, 3.8) is 0 Å². The van der Waals surface area contributed by atoms with E-state index < -0.39 is 23.6 Å². The lowest BCUT2D eigenvalue weighted by atomic mass is 9.96. The fourth-order valence-electron chi connectivity index (χ4n) is 4.60. The molecule has 4 aromatic rings. The van der Waals surface area contributed by atoms with Crippen LogP contribution in [0.5, 0.6) is 5.88 Å². The van der Waals surface area contributed by atoms with Crippen molar-refractivity contribution in [1.82, 2.24) is 10.3 Å². The van der Waals surface area contributed by atoms with Crippen molar-refractivity contribution in [2.24, 2.45) is 0 Å². The monoisotopic (exact) mass is 583 g/mol. The zero-order valence-electron chi connectivity index (χ0n) is 25.3. The third-order valence-electron chi connectivity index (χ3n) is 6.71. The lowest BCUT2D eigenvalue weighted by Crippen LogP contribution is -2.37. The first-order valence-corrected chi connectivity index (χ1v) is 14.0. The van der Waals surface area contributed by atoms with E-state index in [2.05, 4.69) is 15.6 Å². The summed E-state index contributed by atoms with van der Waals surface area (Å²) in [5.74, 6) is -0.953. The largest absolute Gasteiger partial charge is 0.481 e. The van der Waals surface area contributed by atoms with Crippen molar-refractivity contribution in [3.05, 3.63) is 101 Å². The van der Waals surface area contributed by atoms with Gasteiger partial charge in [-0.2, -0.15) is 0 Å². The molecule has 1 unspecified atom stereocenters. The van der Waals surface area contributed by atoms with E-state index in [0.717, 1.165) is 27.5 Å². The van der Waals surface area contributed by atoms with E-state index in [9.17, 15) is 14.4 Å². The molecular formula is C34H37N3O6. The van der Waals surface area contributed by atoms with Gasteiger partial charge in [0.1, 0.15) is 12.2 Å². The number of hydrogen-bond donors (Lipinski definition) is 2. The van der Waals surface area contributed by atoms with Gasteiger partial charge in [-0.05, 0) is 87.0 Å². The molecule has 2 amide bonds. The van der Waals surface area contributed by atoms with Crippen molar-refractivity contribution in [3.8, 4) is 5.88 Å². The third kappa shape index (κ3) is 8.31. The van der Waals surface area contributed by atoms with Gasteiger partial charge in [0.05, 0.1) is 18.6 Å². The predicted octanol–water partition coefficient (Wildman–Crippen LogP) is 6.46. The highest BCUT2D eigenvalue weighted by Gasteiger charge is 2.24. The summed E-state index contributed by atoms with van der Waals surface area (Å²) in [6.07, 6.45) is 1.02. The molecule has 2 N–H and O–H groups in total. The fourth-order valence-corrected chi connectivity index (χ4v) is 4.60. The summed E-state index contributed by atoms with van der Waals surface area (Å²) in [4.78, 5) is 42.8. The van der Waals surface area contributed by atoms with Crippen molar-refractivity contribution in [2.45, 2.75) is 52.7 Å². The van der Waals surface area contributed by atoms with Crippen LogP contribution in [0.15, 0.2) is 72.9 Å². The van der Waals surface area contributed by atoms with Crippen LogP contribution in [0.4, 0.5) is 10.5 Å². The Balaban J connectivity index is 1.50. The Morgan fingerprint density at radius 2 is 1.67 bits per heavy atom. The lowest BCUT2D eigenvalue weighted by Gasteiger charge is -2.22. The molecule has 1 atom stereocenters. The number of carbonyl (C=O) groups excluding carboxylic acids is 3. The number of amides is 2. The topological polar surface area (TPSA) is 116 Å². The number of aromatic nitrogens is 1. The zero-order valence-corrected chi connectivity index (χ0v) is 25.3. The number of hydrogen-bond acceptors (Lipinski definition) is 7. The van der Waals surface area contributed by atoms with Crippen LogP contribution in [-0.4, -0.2) is 42.2 Å². The van der Waals surface area contributed by atoms with E-state index in [0.29, 0.717) is 22.7 Å². The number of ether oxygens (including phenoxy) is 3. The number of pyridine rings is 1. The van der Waals surface area contributed by atoms with Crippen LogP contribution in [-0.2, 0) is 20.9 Å². The van der Waals surface area contributed by atoms with Gasteiger partial charge in [-0.1, -0.05) is 42.0 Å². The molecule has 4 rings (SSSR count). The average Bonchev–Trinajstić information content (AvgIpc) is 2.95. The van der Waals surface area contributed by atoms with E-state index in [1.54, 1.807) is 70.5 Å². The van der Waals surface area contributed by atoms with Crippen LogP contribution in [0.3, 0.4) is 0 Å². The number of fused-ring (bicyclic) bond motifs is 1. The molecule has 224 valence electrons. The van der Waals surface area contributed by atoms with E-state index in [1.807, 2.05) is 44.2 Å². The summed E-state index contributed by atoms with van der Waals surface area (Å²) >= 11 is 0. The molecule has 0 bridgehead atoms. The number of aryl methyl sites for hydroxylation is 2. The van der Waals surface area contributed by atoms with E-state index in [1.165, 1.54) is 0 Å². The first-order chi connectivity index (χ1) is 20.4. The molecule has 0 aliphatic rings. The quantitative estimate of drug-likeness (QED) is 0.217. The molecule has 0 saturated carbocycles. The van der Waals surface area contributed by atoms with Gasteiger partial charge in [0, 0.05) is 23.8 Å². The second-order valence-corrected chi connectivity index (χ2v) is 11.3. The lowest BCUT2D eigenvalue weighted by molar-refractivity contribution is -0.117. The Labute approximate surface area is 251 Å². The number of nitrogens with zero attached hydrogens (tertiary/aromatic N) is 1. The molecular weight excluding hydrogens is 546 g/mol. The van der Waals surface area contributed by atoms with Gasteiger partial charge in [0.25, 0.3) is 0 Å². The van der Waals surface area contributed by atoms with Crippen LogP contribution in [0, 0.1) is 13.8 Å². The number of carbonyl (C=O) groups is 3. The normalized spacial score (nSPS) is 11.9. The van der Waals surface area contributed by atoms with Crippen LogP contribution in [0.25, 0.3) is 10.8 Å². The molecule has 0 spiro atoms. The number of esters is 1. The van der Waals surface area contributed by atoms with Gasteiger partial charge in [0.2, 0.25) is 11.8 Å². The maximum Gasteiger partial charge on any atom is 0.407 e. The molecule has 0 aliphatic carbocycles. The molecule has 1 aromatic heterocycles. The molecule has 9 nitrogen and oxygen atoms in total. The average molecular weight is 584 g/mol. The third-order valence-corrected chi connectivity index (χ3v) is 6.71. The Hall–Kier alpha value is -4.92. The molecule has 3 aromatic carbocycles. The first-order valence-electron chi connectivity index (χ1n) is 14.0. The maximum absolute atomic E-state index is 13.6. The Kier molecular flexibility index (Phi) is 9.65. The first kappa shape index (κ1) is 31.0. The summed E-state index contributed by atoms with van der Waals surface area (Å²) in [5, 5.41) is 7.35. The standard InChI is InChI=1S/C34H37N3O6/c1-21-7-13-27(22(2)17-21)32(39)42-20-23-8-10-24(11-9-23)29(19-36-33(40)43-34(3,4)5)30(38)37-26-12-14-28-25(18-26)15-16-35-31(28)41-6/h7-18,29H,19-20H2,1-6H3,(H,36,40)(H,37,38). The maximum atomic E-state index is 13.6. The van der Waals surface area contributed by atoms with Gasteiger partial charge in [-0.25, -0.2) is 14.6 Å². The molecule has 0 aliphatic heterocycles. The predicted molar refractivity (Wildman–Crippen MR) is 165 cm³/mol. The van der Waals surface area contributed by atoms with Gasteiger partial charge in [0.15, 0.2) is 0 Å². The summed E-state index contributed by atoms with van der Waals surface area (Å²) < 4.78 is 16.2. The fraction of sp³-hybridized carbons (Fsp3) is 0.294. The van der Waals surface area contributed by atoms with E-state index in [4.69, 9.17) is 14.2 Å². The Morgan fingerprint density at radius 3 is 2.35 bits per heavy atom. The number of methoxy groups -OCH3 is 1. The molecule has 0 fully saturated rings. The van der Waals surface area contributed by atoms with Crippen LogP contribution in [0.2, 0.25) is 0 Å². The smallest absolute Gasteiger partial charge is 0.407 e. The van der Waals surface area contributed by atoms with Crippen molar-refractivity contribution >= 4 is 34.4 Å². The Morgan fingerprint density at radius 1 is 0.930 bits per heavy atom. The Bertz CT molecular complexity index is 1630. The summed E-state index contributed by atoms with van der Waals surface area (Å²) in [6, 6.07) is 20.0. The van der Waals surface area contributed by atoms with Crippen molar-refractivity contribution in [2.75, 3.05) is 19.0 Å². The van der Waals surface area contributed by atoms with Gasteiger partial charge in [-0.15, -0.1) is 0 Å². The minimum atomic E-state index is -0.734. The minimum Gasteiger partial charge on any atom is -0.481 e. The van der Waals surface area contributed by atoms with Crippen LogP contribution in [0.1, 0.15) is 59.3 Å². The highest BCUT2D eigenvalue weighted by atomic mass is 16.6. The molecule has 0 saturated heterocycles. The van der Waals surface area contributed by atoms with Gasteiger partial charge in [-0.3, -0.25) is 4.79 Å². The number of benzene rings is 3.